The number of thiophene rings is 1. The fraction of sp³-hybridized carbons (Fsp3) is 0.286. The van der Waals surface area contributed by atoms with Gasteiger partial charge in [-0.05, 0) is 42.8 Å². The molecule has 0 aliphatic carbocycles. The van der Waals surface area contributed by atoms with Crippen molar-refractivity contribution in [1.29, 1.82) is 0 Å². The second-order valence-corrected chi connectivity index (χ2v) is 5.71. The van der Waals surface area contributed by atoms with Gasteiger partial charge in [0.2, 0.25) is 0 Å². The van der Waals surface area contributed by atoms with E-state index in [1.165, 1.54) is 10.9 Å². The van der Waals surface area contributed by atoms with Crippen molar-refractivity contribution in [2.75, 3.05) is 0 Å². The molecule has 17 heavy (non-hydrogen) atoms. The molecule has 1 atom stereocenters. The third-order valence-corrected chi connectivity index (χ3v) is 3.59. The minimum absolute atomic E-state index is 0.171. The van der Waals surface area contributed by atoms with Gasteiger partial charge in [0.05, 0.1) is 0 Å². The molecule has 3 heteroatoms. The van der Waals surface area contributed by atoms with E-state index in [0.717, 1.165) is 6.42 Å². The summed E-state index contributed by atoms with van der Waals surface area (Å²) >= 11 is 1.69. The number of hydrogen-bond acceptors (Lipinski definition) is 2. The molecule has 90 valence electrons. The van der Waals surface area contributed by atoms with Crippen LogP contribution in [0.5, 0.6) is 0 Å². The summed E-state index contributed by atoms with van der Waals surface area (Å²) in [4.78, 5) is 1.24. The Balaban J connectivity index is 2.09. The molecule has 1 heterocycles. The van der Waals surface area contributed by atoms with Crippen LogP contribution in [0.25, 0.3) is 0 Å². The van der Waals surface area contributed by atoms with E-state index in [4.69, 9.17) is 5.73 Å². The van der Waals surface area contributed by atoms with Gasteiger partial charge < -0.3 is 5.73 Å². The van der Waals surface area contributed by atoms with Crippen LogP contribution in [0.4, 0.5) is 4.39 Å². The van der Waals surface area contributed by atoms with E-state index in [1.807, 2.05) is 24.4 Å². The molecule has 1 unspecified atom stereocenters. The molecule has 1 aromatic heterocycles. The molecule has 0 saturated carbocycles. The Morgan fingerprint density at radius 1 is 1.18 bits per heavy atom. The van der Waals surface area contributed by atoms with Gasteiger partial charge in [0.1, 0.15) is 5.82 Å². The third kappa shape index (κ3) is 3.38. The predicted octanol–water partition coefficient (Wildman–Crippen LogP) is 3.39. The van der Waals surface area contributed by atoms with Crippen LogP contribution in [-0.2, 0) is 12.8 Å². The molecule has 2 N–H and O–H groups in total. The van der Waals surface area contributed by atoms with Crippen molar-refractivity contribution in [2.45, 2.75) is 25.3 Å². The van der Waals surface area contributed by atoms with Gasteiger partial charge >= 0.3 is 0 Å². The summed E-state index contributed by atoms with van der Waals surface area (Å²) in [5, 5.41) is 2.04. The van der Waals surface area contributed by atoms with Gasteiger partial charge in [-0.25, -0.2) is 4.39 Å². The van der Waals surface area contributed by atoms with Crippen molar-refractivity contribution < 1.29 is 4.39 Å². The van der Waals surface area contributed by atoms with Gasteiger partial charge in [-0.3, -0.25) is 0 Å². The van der Waals surface area contributed by atoms with Gasteiger partial charge in [0.25, 0.3) is 0 Å². The van der Waals surface area contributed by atoms with Crippen LogP contribution >= 0.6 is 11.3 Å². The van der Waals surface area contributed by atoms with Crippen LogP contribution in [0.3, 0.4) is 0 Å². The van der Waals surface area contributed by atoms with Gasteiger partial charge in [0, 0.05) is 10.4 Å². The molecule has 0 radical (unpaired) electrons. The lowest BCUT2D eigenvalue weighted by atomic mass is 9.90. The normalized spacial score (nSPS) is 14.5. The van der Waals surface area contributed by atoms with Crippen molar-refractivity contribution in [2.24, 2.45) is 5.73 Å². The van der Waals surface area contributed by atoms with Gasteiger partial charge in [0.15, 0.2) is 0 Å². The largest absolute Gasteiger partial charge is 0.325 e. The van der Waals surface area contributed by atoms with Gasteiger partial charge in [-0.2, -0.15) is 0 Å². The monoisotopic (exact) mass is 249 g/mol. The fourth-order valence-corrected chi connectivity index (χ4v) is 2.85. The lowest BCUT2D eigenvalue weighted by Gasteiger charge is -2.24. The summed E-state index contributed by atoms with van der Waals surface area (Å²) in [6.45, 7) is 1.97. The van der Waals surface area contributed by atoms with Crippen molar-refractivity contribution in [3.8, 4) is 0 Å². The van der Waals surface area contributed by atoms with Crippen LogP contribution in [0.2, 0.25) is 0 Å². The minimum atomic E-state index is -0.410. The zero-order valence-electron chi connectivity index (χ0n) is 9.82. The van der Waals surface area contributed by atoms with Crippen molar-refractivity contribution in [3.63, 3.8) is 0 Å². The number of rotatable bonds is 4. The Labute approximate surface area is 105 Å². The molecular formula is C14H16FNS. The Hall–Kier alpha value is -1.19. The second kappa shape index (κ2) is 4.98. The number of hydrogen-bond donors (Lipinski definition) is 1. The molecular weight excluding hydrogens is 233 g/mol. The molecule has 0 saturated heterocycles. The molecule has 0 fully saturated rings. The van der Waals surface area contributed by atoms with E-state index in [2.05, 4.69) is 6.07 Å². The number of nitrogens with two attached hydrogens (primary N) is 1. The lowest BCUT2D eigenvalue weighted by Crippen LogP contribution is -2.40. The molecule has 0 amide bonds. The van der Waals surface area contributed by atoms with E-state index in [9.17, 15) is 4.39 Å². The van der Waals surface area contributed by atoms with Crippen LogP contribution in [0.15, 0.2) is 41.8 Å². The first-order chi connectivity index (χ1) is 8.07. The number of halogens is 1. The molecule has 0 spiro atoms. The van der Waals surface area contributed by atoms with Crippen molar-refractivity contribution in [1.82, 2.24) is 0 Å². The maximum absolute atomic E-state index is 13.5. The zero-order valence-corrected chi connectivity index (χ0v) is 10.6. The third-order valence-electron chi connectivity index (χ3n) is 2.71. The first kappa shape index (κ1) is 12.3. The average molecular weight is 249 g/mol. The maximum atomic E-state index is 13.5. The molecule has 0 aliphatic heterocycles. The maximum Gasteiger partial charge on any atom is 0.126 e. The zero-order chi connectivity index (χ0) is 12.3. The van der Waals surface area contributed by atoms with E-state index >= 15 is 0 Å². The lowest BCUT2D eigenvalue weighted by molar-refractivity contribution is 0.454. The highest BCUT2D eigenvalue weighted by atomic mass is 32.1. The first-order valence-corrected chi connectivity index (χ1v) is 6.49. The summed E-state index contributed by atoms with van der Waals surface area (Å²) in [7, 11) is 0. The Kier molecular flexibility index (Phi) is 3.60. The summed E-state index contributed by atoms with van der Waals surface area (Å²) < 4.78 is 13.5. The van der Waals surface area contributed by atoms with Crippen molar-refractivity contribution in [3.05, 3.63) is 58.0 Å². The number of benzene rings is 1. The standard InChI is InChI=1S/C14H16FNS/c1-14(16,10-12-6-4-8-17-12)9-11-5-2-3-7-13(11)15/h2-8H,9-10,16H2,1H3. The van der Waals surface area contributed by atoms with E-state index in [0.29, 0.717) is 12.0 Å². The summed E-state index contributed by atoms with van der Waals surface area (Å²) in [5.74, 6) is -0.171. The van der Waals surface area contributed by atoms with Crippen LogP contribution < -0.4 is 5.73 Å². The fourth-order valence-electron chi connectivity index (χ4n) is 1.95. The van der Waals surface area contributed by atoms with E-state index in [-0.39, 0.29) is 5.82 Å². The van der Waals surface area contributed by atoms with Gasteiger partial charge in [-0.1, -0.05) is 24.3 Å². The smallest absolute Gasteiger partial charge is 0.126 e. The highest BCUT2D eigenvalue weighted by molar-refractivity contribution is 7.09. The molecule has 1 aromatic carbocycles. The predicted molar refractivity (Wildman–Crippen MR) is 70.7 cm³/mol. The summed E-state index contributed by atoms with van der Waals surface area (Å²) in [6.07, 6.45) is 1.33. The van der Waals surface area contributed by atoms with Crippen LogP contribution in [-0.4, -0.2) is 5.54 Å². The van der Waals surface area contributed by atoms with Crippen LogP contribution in [0, 0.1) is 5.82 Å². The highest BCUT2D eigenvalue weighted by Crippen LogP contribution is 2.20. The quantitative estimate of drug-likeness (QED) is 0.883. The average Bonchev–Trinajstić information content (AvgIpc) is 2.73. The first-order valence-electron chi connectivity index (χ1n) is 5.61. The molecule has 0 aliphatic rings. The Bertz CT molecular complexity index is 477. The molecule has 2 rings (SSSR count). The van der Waals surface area contributed by atoms with Gasteiger partial charge in [-0.15, -0.1) is 11.3 Å². The molecule has 1 nitrogen and oxygen atoms in total. The Morgan fingerprint density at radius 3 is 2.59 bits per heavy atom. The summed E-state index contributed by atoms with van der Waals surface area (Å²) in [6, 6.07) is 10.9. The topological polar surface area (TPSA) is 26.0 Å². The minimum Gasteiger partial charge on any atom is -0.325 e. The second-order valence-electron chi connectivity index (χ2n) is 4.68. The Morgan fingerprint density at radius 2 is 1.94 bits per heavy atom. The van der Waals surface area contributed by atoms with Crippen LogP contribution in [0.1, 0.15) is 17.4 Å². The molecule has 0 bridgehead atoms. The van der Waals surface area contributed by atoms with E-state index < -0.39 is 5.54 Å². The van der Waals surface area contributed by atoms with Crippen molar-refractivity contribution >= 4 is 11.3 Å². The van der Waals surface area contributed by atoms with E-state index in [1.54, 1.807) is 23.5 Å². The molecule has 2 aromatic rings. The highest BCUT2D eigenvalue weighted by Gasteiger charge is 2.21. The summed E-state index contributed by atoms with van der Waals surface area (Å²) in [5.41, 5.74) is 6.53. The SMILES string of the molecule is CC(N)(Cc1cccs1)Cc1ccccc1F.